The lowest BCUT2D eigenvalue weighted by Gasteiger charge is -2.07. The summed E-state index contributed by atoms with van der Waals surface area (Å²) in [5.74, 6) is 1.90. The van der Waals surface area contributed by atoms with Gasteiger partial charge in [0.25, 0.3) is 0 Å². The zero-order valence-electron chi connectivity index (χ0n) is 13.3. The van der Waals surface area contributed by atoms with Gasteiger partial charge in [0.1, 0.15) is 11.8 Å². The van der Waals surface area contributed by atoms with Crippen molar-refractivity contribution in [3.8, 4) is 12.0 Å². The van der Waals surface area contributed by atoms with Crippen LogP contribution in [0.1, 0.15) is 24.5 Å². The van der Waals surface area contributed by atoms with Gasteiger partial charge >= 0.3 is 12.1 Å². The maximum Gasteiger partial charge on any atom is 0.416 e. The highest BCUT2D eigenvalue weighted by Gasteiger charge is 2.30. The topological polar surface area (TPSA) is 60.2 Å². The summed E-state index contributed by atoms with van der Waals surface area (Å²) < 4.78 is 42.4. The molecule has 0 amide bonds. The van der Waals surface area contributed by atoms with Crippen molar-refractivity contribution in [2.45, 2.75) is 19.5 Å². The number of rotatable bonds is 4. The number of alkyl halides is 3. The first kappa shape index (κ1) is 19.2. The minimum absolute atomic E-state index is 0.00129. The fourth-order valence-electron chi connectivity index (χ4n) is 1.58. The third kappa shape index (κ3) is 5.76. The molecule has 1 rings (SSSR count). The Labute approximate surface area is 137 Å². The lowest BCUT2D eigenvalue weighted by Crippen LogP contribution is -2.14. The number of esters is 1. The molecule has 0 aliphatic rings. The molecule has 1 aromatic rings. The van der Waals surface area contributed by atoms with Crippen LogP contribution in [0.25, 0.3) is 0 Å². The predicted octanol–water partition coefficient (Wildman–Crippen LogP) is 3.04. The molecule has 128 valence electrons. The molecule has 0 aliphatic heterocycles. The van der Waals surface area contributed by atoms with Crippen molar-refractivity contribution in [2.24, 2.45) is 10.1 Å². The Kier molecular flexibility index (Phi) is 6.98. The van der Waals surface area contributed by atoms with Crippen molar-refractivity contribution in [1.82, 2.24) is 0 Å². The van der Waals surface area contributed by atoms with Crippen molar-refractivity contribution >= 4 is 17.4 Å². The second-order valence-electron chi connectivity index (χ2n) is 4.46. The number of nitrogens with zero attached hydrogens (tertiary/aromatic N) is 2. The molecule has 24 heavy (non-hydrogen) atoms. The van der Waals surface area contributed by atoms with Crippen LogP contribution in [0.5, 0.6) is 0 Å². The van der Waals surface area contributed by atoms with E-state index in [0.717, 1.165) is 12.1 Å². The van der Waals surface area contributed by atoms with Crippen LogP contribution in [-0.2, 0) is 20.5 Å². The quantitative estimate of drug-likeness (QED) is 0.366. The standard InChI is InChI=1S/C16H15F3N2O3/c1-11(12-6-4-7-13(10-12)16(17,18)19)21-24-9-5-8-14(20-2)15(22)23-3/h4,6-7,10H,8H2,1-3H3. The zero-order chi connectivity index (χ0) is 18.2. The molecule has 0 spiro atoms. The number of carbonyl (C=O) groups is 1. The van der Waals surface area contributed by atoms with E-state index >= 15 is 0 Å². The van der Waals surface area contributed by atoms with Gasteiger partial charge in [0.05, 0.1) is 24.8 Å². The van der Waals surface area contributed by atoms with Crippen LogP contribution in [0.15, 0.2) is 34.4 Å². The Bertz CT molecular complexity index is 713. The summed E-state index contributed by atoms with van der Waals surface area (Å²) in [7, 11) is 2.64. The molecule has 0 aromatic heterocycles. The largest absolute Gasteiger partial charge is 0.465 e. The smallest absolute Gasteiger partial charge is 0.416 e. The van der Waals surface area contributed by atoms with Crippen molar-refractivity contribution in [3.05, 3.63) is 35.4 Å². The number of hydrogen-bond acceptors (Lipinski definition) is 5. The molecule has 1 aromatic carbocycles. The van der Waals surface area contributed by atoms with E-state index in [1.54, 1.807) is 0 Å². The number of ether oxygens (including phenoxy) is 1. The fourth-order valence-corrected chi connectivity index (χ4v) is 1.58. The van der Waals surface area contributed by atoms with E-state index in [2.05, 4.69) is 26.9 Å². The highest BCUT2D eigenvalue weighted by Crippen LogP contribution is 2.29. The molecule has 0 unspecified atom stereocenters. The predicted molar refractivity (Wildman–Crippen MR) is 82.5 cm³/mol. The van der Waals surface area contributed by atoms with E-state index in [9.17, 15) is 18.0 Å². The van der Waals surface area contributed by atoms with E-state index in [1.807, 2.05) is 0 Å². The Hall–Kier alpha value is -2.82. The lowest BCUT2D eigenvalue weighted by molar-refractivity contribution is -0.137. The van der Waals surface area contributed by atoms with Crippen molar-refractivity contribution in [3.63, 3.8) is 0 Å². The molecule has 5 nitrogen and oxygen atoms in total. The molecule has 0 fully saturated rings. The van der Waals surface area contributed by atoms with E-state index < -0.39 is 17.7 Å². The zero-order valence-corrected chi connectivity index (χ0v) is 13.3. The van der Waals surface area contributed by atoms with Gasteiger partial charge in [-0.15, -0.1) is 0 Å². The first-order chi connectivity index (χ1) is 11.3. The van der Waals surface area contributed by atoms with E-state index in [0.29, 0.717) is 0 Å². The second-order valence-corrected chi connectivity index (χ2v) is 4.46. The van der Waals surface area contributed by atoms with Crippen molar-refractivity contribution < 1.29 is 27.5 Å². The Morgan fingerprint density at radius 2 is 2.04 bits per heavy atom. The third-order valence-electron chi connectivity index (χ3n) is 2.85. The van der Waals surface area contributed by atoms with Gasteiger partial charge in [-0.3, -0.25) is 4.99 Å². The van der Waals surface area contributed by atoms with Crippen LogP contribution in [0.2, 0.25) is 0 Å². The highest BCUT2D eigenvalue weighted by atomic mass is 19.4. The molecule has 0 N–H and O–H groups in total. The van der Waals surface area contributed by atoms with Crippen LogP contribution in [0, 0.1) is 12.0 Å². The van der Waals surface area contributed by atoms with Gasteiger partial charge in [0, 0.05) is 7.05 Å². The molecule has 0 aliphatic carbocycles. The van der Waals surface area contributed by atoms with Crippen LogP contribution in [0.4, 0.5) is 13.2 Å². The first-order valence-corrected chi connectivity index (χ1v) is 6.69. The lowest BCUT2D eigenvalue weighted by atomic mass is 10.1. The number of benzene rings is 1. The number of aliphatic imine (C=N–C) groups is 1. The molecule has 0 radical (unpaired) electrons. The number of carbonyl (C=O) groups excluding carboxylic acids is 1. The fraction of sp³-hybridized carbons (Fsp3) is 0.312. The Morgan fingerprint density at radius 1 is 1.33 bits per heavy atom. The molecule has 0 atom stereocenters. The van der Waals surface area contributed by atoms with Gasteiger partial charge in [-0.25, -0.2) is 4.79 Å². The van der Waals surface area contributed by atoms with Gasteiger partial charge in [-0.2, -0.15) is 13.2 Å². The average Bonchev–Trinajstić information content (AvgIpc) is 2.56. The van der Waals surface area contributed by atoms with E-state index in [4.69, 9.17) is 4.84 Å². The van der Waals surface area contributed by atoms with Crippen LogP contribution < -0.4 is 0 Å². The SMILES string of the molecule is CN=C(CC#CON=C(C)c1cccc(C(F)(F)F)c1)C(=O)OC. The Morgan fingerprint density at radius 3 is 2.62 bits per heavy atom. The number of oxime groups is 1. The normalized spacial score (nSPS) is 12.2. The van der Waals surface area contributed by atoms with Gasteiger partial charge < -0.3 is 9.57 Å². The molecule has 0 saturated carbocycles. The average molecular weight is 340 g/mol. The summed E-state index contributed by atoms with van der Waals surface area (Å²) in [5, 5.41) is 3.62. The van der Waals surface area contributed by atoms with Gasteiger partial charge in [-0.05, 0) is 30.5 Å². The summed E-state index contributed by atoms with van der Waals surface area (Å²) in [6.45, 7) is 1.49. The number of hydrogen-bond donors (Lipinski definition) is 0. The highest BCUT2D eigenvalue weighted by molar-refractivity contribution is 6.36. The minimum atomic E-state index is -4.43. The molecular formula is C16H15F3N2O3. The summed E-state index contributed by atoms with van der Waals surface area (Å²) in [5.41, 5.74) is -0.167. The summed E-state index contributed by atoms with van der Waals surface area (Å²) in [4.78, 5) is 19.7. The molecule has 0 saturated heterocycles. The van der Waals surface area contributed by atoms with Crippen molar-refractivity contribution in [1.29, 1.82) is 0 Å². The second kappa shape index (κ2) is 8.72. The molecule has 0 bridgehead atoms. The molecular weight excluding hydrogens is 325 g/mol. The Balaban J connectivity index is 2.73. The summed E-state index contributed by atoms with van der Waals surface area (Å²) in [6, 6.07) is 4.69. The van der Waals surface area contributed by atoms with Crippen LogP contribution in [-0.4, -0.2) is 31.6 Å². The number of halogens is 3. The first-order valence-electron chi connectivity index (χ1n) is 6.69. The van der Waals surface area contributed by atoms with Gasteiger partial charge in [0.2, 0.25) is 0 Å². The van der Waals surface area contributed by atoms with Crippen LogP contribution >= 0.6 is 0 Å². The summed E-state index contributed by atoms with van der Waals surface area (Å²) >= 11 is 0. The van der Waals surface area contributed by atoms with Gasteiger partial charge in [-0.1, -0.05) is 17.3 Å². The third-order valence-corrected chi connectivity index (χ3v) is 2.85. The van der Waals surface area contributed by atoms with Crippen LogP contribution in [0.3, 0.4) is 0 Å². The minimum Gasteiger partial charge on any atom is -0.465 e. The monoisotopic (exact) mass is 340 g/mol. The molecule has 0 heterocycles. The number of methoxy groups -OCH3 is 1. The van der Waals surface area contributed by atoms with E-state index in [1.165, 1.54) is 33.2 Å². The van der Waals surface area contributed by atoms with E-state index in [-0.39, 0.29) is 23.4 Å². The maximum atomic E-state index is 12.6. The van der Waals surface area contributed by atoms with Gasteiger partial charge in [0.15, 0.2) is 0 Å². The molecule has 8 heteroatoms. The van der Waals surface area contributed by atoms with Crippen molar-refractivity contribution in [2.75, 3.05) is 14.2 Å². The maximum absolute atomic E-state index is 12.6. The summed E-state index contributed by atoms with van der Waals surface area (Å²) in [6.07, 6.45) is -2.20.